The summed E-state index contributed by atoms with van der Waals surface area (Å²) >= 11 is 0.818. The van der Waals surface area contributed by atoms with E-state index in [1.165, 1.54) is 36.4 Å². The van der Waals surface area contributed by atoms with E-state index in [2.05, 4.69) is 0 Å². The first kappa shape index (κ1) is 23.6. The van der Waals surface area contributed by atoms with Gasteiger partial charge in [-0.25, -0.2) is 0 Å². The summed E-state index contributed by atoms with van der Waals surface area (Å²) in [4.78, 5) is 47.1. The Kier molecular flexibility index (Phi) is 6.88. The summed E-state index contributed by atoms with van der Waals surface area (Å²) in [6.45, 7) is 0.214. The fourth-order valence-electron chi connectivity index (χ4n) is 3.27. The molecular formula is C24H17N3O7S. The Morgan fingerprint density at radius 1 is 0.857 bits per heavy atom. The molecule has 0 bridgehead atoms. The van der Waals surface area contributed by atoms with Crippen molar-refractivity contribution < 1.29 is 24.2 Å². The number of benzene rings is 3. The predicted octanol–water partition coefficient (Wildman–Crippen LogP) is 5.32. The van der Waals surface area contributed by atoms with Crippen LogP contribution in [-0.4, -0.2) is 25.9 Å². The van der Waals surface area contributed by atoms with Crippen LogP contribution in [-0.2, 0) is 17.9 Å². The van der Waals surface area contributed by atoms with Crippen LogP contribution in [0.15, 0.2) is 77.7 Å². The van der Waals surface area contributed by atoms with Gasteiger partial charge in [0.05, 0.1) is 21.3 Å². The SMILES string of the molecule is O=C1S/C(=C\c2cccc(OCc3ccc([N+](=O)[O-])cc3)c2)C(=O)N1Cc1ccc([N+](=O)[O-])cc1. The molecule has 0 spiro atoms. The predicted molar refractivity (Wildman–Crippen MR) is 128 cm³/mol. The van der Waals surface area contributed by atoms with Crippen molar-refractivity contribution in [2.75, 3.05) is 0 Å². The maximum Gasteiger partial charge on any atom is 0.293 e. The van der Waals surface area contributed by atoms with Gasteiger partial charge in [0.15, 0.2) is 0 Å². The van der Waals surface area contributed by atoms with Crippen LogP contribution in [0.1, 0.15) is 16.7 Å². The Morgan fingerprint density at radius 2 is 1.46 bits per heavy atom. The largest absolute Gasteiger partial charge is 0.489 e. The van der Waals surface area contributed by atoms with Gasteiger partial charge in [-0.05, 0) is 58.8 Å². The van der Waals surface area contributed by atoms with Crippen molar-refractivity contribution in [3.05, 3.63) is 115 Å². The van der Waals surface area contributed by atoms with Gasteiger partial charge < -0.3 is 4.74 Å². The van der Waals surface area contributed by atoms with E-state index < -0.39 is 21.0 Å². The molecule has 2 amide bonds. The highest BCUT2D eigenvalue weighted by Gasteiger charge is 2.35. The number of nitro benzene ring substituents is 2. The van der Waals surface area contributed by atoms with E-state index in [-0.39, 0.29) is 29.4 Å². The lowest BCUT2D eigenvalue weighted by molar-refractivity contribution is -0.385. The molecule has 0 radical (unpaired) electrons. The molecule has 3 aromatic carbocycles. The minimum atomic E-state index is -0.517. The van der Waals surface area contributed by atoms with Crippen molar-refractivity contribution in [2.24, 2.45) is 0 Å². The Bertz CT molecular complexity index is 1340. The molecule has 0 atom stereocenters. The molecule has 4 rings (SSSR count). The summed E-state index contributed by atoms with van der Waals surface area (Å²) in [6.07, 6.45) is 1.60. The number of non-ortho nitro benzene ring substituents is 2. The summed E-state index contributed by atoms with van der Waals surface area (Å²) in [5.74, 6) is 0.0813. The molecule has 0 unspecified atom stereocenters. The van der Waals surface area contributed by atoms with Crippen LogP contribution in [0.3, 0.4) is 0 Å². The Morgan fingerprint density at radius 3 is 2.06 bits per heavy atom. The standard InChI is InChI=1S/C24H17N3O7S/c28-23-22(35-24(29)25(23)14-16-4-8-19(9-5-16)26(30)31)13-18-2-1-3-21(12-18)34-15-17-6-10-20(11-7-17)27(32)33/h1-13H,14-15H2/b22-13-. The van der Waals surface area contributed by atoms with E-state index in [4.69, 9.17) is 4.74 Å². The minimum absolute atomic E-state index is 0.00160. The maximum atomic E-state index is 12.8. The van der Waals surface area contributed by atoms with E-state index in [9.17, 15) is 29.8 Å². The van der Waals surface area contributed by atoms with Gasteiger partial charge in [-0.15, -0.1) is 0 Å². The lowest BCUT2D eigenvalue weighted by Crippen LogP contribution is -2.27. The highest BCUT2D eigenvalue weighted by atomic mass is 32.2. The van der Waals surface area contributed by atoms with E-state index in [0.29, 0.717) is 16.9 Å². The Hall–Kier alpha value is -4.51. The molecule has 35 heavy (non-hydrogen) atoms. The third-order valence-electron chi connectivity index (χ3n) is 5.07. The fourth-order valence-corrected chi connectivity index (χ4v) is 4.11. The number of nitro groups is 2. The van der Waals surface area contributed by atoms with Gasteiger partial charge in [-0.1, -0.05) is 24.3 Å². The highest BCUT2D eigenvalue weighted by Crippen LogP contribution is 2.34. The van der Waals surface area contributed by atoms with E-state index in [0.717, 1.165) is 22.2 Å². The summed E-state index contributed by atoms with van der Waals surface area (Å²) in [5.41, 5.74) is 1.94. The van der Waals surface area contributed by atoms with Crippen LogP contribution in [0, 0.1) is 20.2 Å². The van der Waals surface area contributed by atoms with Gasteiger partial charge in [0.1, 0.15) is 12.4 Å². The van der Waals surface area contributed by atoms with Crippen molar-refractivity contribution in [1.29, 1.82) is 0 Å². The van der Waals surface area contributed by atoms with Crippen LogP contribution in [0.2, 0.25) is 0 Å². The summed E-state index contributed by atoms with van der Waals surface area (Å²) < 4.78 is 5.76. The number of hydrogen-bond acceptors (Lipinski definition) is 8. The molecule has 10 nitrogen and oxygen atoms in total. The Balaban J connectivity index is 1.42. The van der Waals surface area contributed by atoms with Crippen LogP contribution in [0.5, 0.6) is 5.75 Å². The van der Waals surface area contributed by atoms with E-state index in [1.54, 1.807) is 42.5 Å². The van der Waals surface area contributed by atoms with E-state index >= 15 is 0 Å². The summed E-state index contributed by atoms with van der Waals surface area (Å²) in [7, 11) is 0. The maximum absolute atomic E-state index is 12.8. The lowest BCUT2D eigenvalue weighted by atomic mass is 10.1. The molecule has 0 N–H and O–H groups in total. The zero-order valence-electron chi connectivity index (χ0n) is 18.0. The van der Waals surface area contributed by atoms with Gasteiger partial charge in [0.2, 0.25) is 0 Å². The number of rotatable bonds is 8. The number of carbonyl (C=O) groups excluding carboxylic acids is 2. The minimum Gasteiger partial charge on any atom is -0.489 e. The number of carbonyl (C=O) groups is 2. The number of imide groups is 1. The third kappa shape index (κ3) is 5.71. The molecule has 3 aromatic rings. The monoisotopic (exact) mass is 491 g/mol. The highest BCUT2D eigenvalue weighted by molar-refractivity contribution is 8.18. The molecular weight excluding hydrogens is 474 g/mol. The molecule has 1 heterocycles. The molecule has 0 aromatic heterocycles. The van der Waals surface area contributed by atoms with Gasteiger partial charge in [0, 0.05) is 24.3 Å². The zero-order chi connectivity index (χ0) is 24.9. The van der Waals surface area contributed by atoms with Crippen LogP contribution in [0.25, 0.3) is 6.08 Å². The van der Waals surface area contributed by atoms with Crippen LogP contribution < -0.4 is 4.74 Å². The molecule has 1 aliphatic heterocycles. The number of nitrogens with zero attached hydrogens (tertiary/aromatic N) is 3. The summed E-state index contributed by atoms with van der Waals surface area (Å²) in [5, 5.41) is 21.1. The average molecular weight is 491 g/mol. The second-order valence-corrected chi connectivity index (χ2v) is 8.47. The smallest absolute Gasteiger partial charge is 0.293 e. The topological polar surface area (TPSA) is 133 Å². The van der Waals surface area contributed by atoms with Gasteiger partial charge in [-0.2, -0.15) is 0 Å². The number of thioether (sulfide) groups is 1. The first-order valence-electron chi connectivity index (χ1n) is 10.2. The lowest BCUT2D eigenvalue weighted by Gasteiger charge is -2.12. The quantitative estimate of drug-likeness (QED) is 0.235. The molecule has 176 valence electrons. The normalized spacial score (nSPS) is 14.4. The van der Waals surface area contributed by atoms with Crippen LogP contribution >= 0.6 is 11.8 Å². The molecule has 1 aliphatic rings. The molecule has 11 heteroatoms. The molecule has 0 saturated carbocycles. The first-order chi connectivity index (χ1) is 16.8. The van der Waals surface area contributed by atoms with Crippen molar-refractivity contribution in [3.8, 4) is 5.75 Å². The summed E-state index contributed by atoms with van der Waals surface area (Å²) in [6, 6.07) is 18.7. The van der Waals surface area contributed by atoms with Gasteiger partial charge in [-0.3, -0.25) is 34.7 Å². The average Bonchev–Trinajstić information content (AvgIpc) is 3.11. The van der Waals surface area contributed by atoms with Crippen LogP contribution in [0.4, 0.5) is 16.2 Å². The number of amides is 2. The van der Waals surface area contributed by atoms with Crippen molar-refractivity contribution in [3.63, 3.8) is 0 Å². The first-order valence-corrected chi connectivity index (χ1v) is 11.1. The molecule has 1 fully saturated rings. The third-order valence-corrected chi connectivity index (χ3v) is 5.98. The van der Waals surface area contributed by atoms with Crippen molar-refractivity contribution >= 4 is 40.4 Å². The molecule has 0 aliphatic carbocycles. The second-order valence-electron chi connectivity index (χ2n) is 7.48. The van der Waals surface area contributed by atoms with Gasteiger partial charge >= 0.3 is 0 Å². The molecule has 1 saturated heterocycles. The fraction of sp³-hybridized carbons (Fsp3) is 0.0833. The second kappa shape index (κ2) is 10.2. The van der Waals surface area contributed by atoms with Crippen molar-refractivity contribution in [2.45, 2.75) is 13.2 Å². The van der Waals surface area contributed by atoms with Crippen molar-refractivity contribution in [1.82, 2.24) is 4.90 Å². The number of hydrogen-bond donors (Lipinski definition) is 0. The zero-order valence-corrected chi connectivity index (χ0v) is 18.8. The van der Waals surface area contributed by atoms with E-state index in [1.807, 2.05) is 0 Å². The van der Waals surface area contributed by atoms with Gasteiger partial charge in [0.25, 0.3) is 22.5 Å². The number of ether oxygens (including phenoxy) is 1. The Labute approximate surface area is 203 Å².